The second-order valence-corrected chi connectivity index (χ2v) is 21.7. The van der Waals surface area contributed by atoms with Crippen molar-refractivity contribution in [1.29, 1.82) is 0 Å². The van der Waals surface area contributed by atoms with Gasteiger partial charge in [-0.3, -0.25) is 14.4 Å². The molecule has 0 radical (unpaired) electrons. The molecule has 0 spiro atoms. The van der Waals surface area contributed by atoms with Crippen molar-refractivity contribution in [3.63, 3.8) is 0 Å². The minimum absolute atomic E-state index is 0.0463. The number of aromatic nitrogens is 13. The van der Waals surface area contributed by atoms with Gasteiger partial charge in [-0.1, -0.05) is 11.6 Å². The van der Waals surface area contributed by atoms with Gasteiger partial charge in [0.1, 0.15) is 53.1 Å². The van der Waals surface area contributed by atoms with Crippen LogP contribution in [0.15, 0.2) is 104 Å². The molecule has 10 N–H and O–H groups in total. The molecule has 0 unspecified atom stereocenters. The molecular weight excluding hydrogens is 1230 g/mol. The SMILES string of the molecule is COc1cc(-n2cnc(N)c2)cc(OC)c1OC.COc1cc(-n2cnc(Nc3nc(N4CCC[C@H]4C(N)=O)c4cccnc4n3)c2)cc(C)c1C.Clc1nc(Cl)c2cccnc2n1.NC(=O)[C@@H]1CCCN1.NC(=O)[C@@H]1CCCN1c1nc(Cl)nc2ncccc12. The fourth-order valence-electron chi connectivity index (χ4n) is 10.3. The lowest BCUT2D eigenvalue weighted by atomic mass is 10.1. The van der Waals surface area contributed by atoms with Crippen LogP contribution in [-0.4, -0.2) is 148 Å². The van der Waals surface area contributed by atoms with Crippen molar-refractivity contribution in [3.05, 3.63) is 131 Å². The Labute approximate surface area is 537 Å². The zero-order chi connectivity index (χ0) is 64.9. The molecule has 8 aromatic heterocycles. The number of carbonyl (C=O) groups excluding carboxylic acids is 3. The maximum absolute atomic E-state index is 12.0. The summed E-state index contributed by atoms with van der Waals surface area (Å²) >= 11 is 17.3. The largest absolute Gasteiger partial charge is 0.496 e. The van der Waals surface area contributed by atoms with Crippen molar-refractivity contribution in [2.24, 2.45) is 17.2 Å². The molecule has 474 valence electrons. The highest BCUT2D eigenvalue weighted by Crippen LogP contribution is 2.40. The highest BCUT2D eigenvalue weighted by atomic mass is 35.5. The molecule has 31 heteroatoms. The van der Waals surface area contributed by atoms with E-state index in [0.717, 1.165) is 84.2 Å². The second-order valence-electron chi connectivity index (χ2n) is 20.6. The molecule has 3 amide bonds. The van der Waals surface area contributed by atoms with Crippen LogP contribution >= 0.6 is 34.8 Å². The molecule has 0 bridgehead atoms. The van der Waals surface area contributed by atoms with Gasteiger partial charge in [-0.05, 0) is 136 Å². The number of hydrogen-bond donors (Lipinski definition) is 6. The third-order valence-corrected chi connectivity index (χ3v) is 15.5. The average molecular weight is 1300 g/mol. The number of nitrogen functional groups attached to an aromatic ring is 1. The van der Waals surface area contributed by atoms with E-state index in [9.17, 15) is 14.4 Å². The molecule has 2 aromatic carbocycles. The predicted molar refractivity (Wildman–Crippen MR) is 347 cm³/mol. The first-order valence-corrected chi connectivity index (χ1v) is 29.6. The normalized spacial score (nSPS) is 15.7. The Morgan fingerprint density at radius 2 is 1.10 bits per heavy atom. The van der Waals surface area contributed by atoms with Gasteiger partial charge in [0.15, 0.2) is 34.3 Å². The van der Waals surface area contributed by atoms with Crippen LogP contribution in [-0.2, 0) is 14.4 Å². The predicted octanol–water partition coefficient (Wildman–Crippen LogP) is 7.20. The Morgan fingerprint density at radius 1 is 0.582 bits per heavy atom. The number of amides is 3. The van der Waals surface area contributed by atoms with Gasteiger partial charge in [0.05, 0.1) is 74.4 Å². The summed E-state index contributed by atoms with van der Waals surface area (Å²) in [5.74, 6) is 4.26. The number of benzene rings is 2. The highest BCUT2D eigenvalue weighted by molar-refractivity contribution is 6.35. The number of anilines is 5. The number of rotatable bonds is 13. The fraction of sp³-hybridized carbons (Fsp3) is 0.300. The molecular formula is C60H66Cl3N21O7. The number of carbonyl (C=O) groups is 3. The number of primary amides is 3. The van der Waals surface area contributed by atoms with Crippen molar-refractivity contribution in [2.45, 2.75) is 70.5 Å². The van der Waals surface area contributed by atoms with Crippen LogP contribution in [0.1, 0.15) is 49.7 Å². The number of halogens is 3. The van der Waals surface area contributed by atoms with Crippen molar-refractivity contribution in [3.8, 4) is 34.4 Å². The van der Waals surface area contributed by atoms with E-state index in [1.165, 1.54) is 0 Å². The summed E-state index contributed by atoms with van der Waals surface area (Å²) < 4.78 is 25.0. The Morgan fingerprint density at radius 3 is 1.62 bits per heavy atom. The molecule has 13 rings (SSSR count). The van der Waals surface area contributed by atoms with E-state index in [1.807, 2.05) is 70.8 Å². The molecule has 0 aliphatic carbocycles. The number of imidazole rings is 2. The molecule has 3 atom stereocenters. The van der Waals surface area contributed by atoms with E-state index >= 15 is 0 Å². The van der Waals surface area contributed by atoms with Crippen LogP contribution in [0, 0.1) is 13.8 Å². The van der Waals surface area contributed by atoms with E-state index in [2.05, 4.69) is 66.5 Å². The summed E-state index contributed by atoms with van der Waals surface area (Å²) in [4.78, 5) is 84.0. The minimum Gasteiger partial charge on any atom is -0.496 e. The van der Waals surface area contributed by atoms with E-state index in [4.69, 9.17) is 81.7 Å². The molecule has 0 saturated carbocycles. The summed E-state index contributed by atoms with van der Waals surface area (Å²) in [5, 5.41) is 8.99. The quantitative estimate of drug-likeness (QED) is 0.0490. The van der Waals surface area contributed by atoms with Crippen LogP contribution in [0.25, 0.3) is 44.5 Å². The first-order chi connectivity index (χ1) is 43.9. The lowest BCUT2D eigenvalue weighted by molar-refractivity contribution is -0.120. The third-order valence-electron chi connectivity index (χ3n) is 14.9. The van der Waals surface area contributed by atoms with Gasteiger partial charge in [0, 0.05) is 49.9 Å². The van der Waals surface area contributed by atoms with Crippen molar-refractivity contribution < 1.29 is 33.3 Å². The summed E-state index contributed by atoms with van der Waals surface area (Å²) in [5.41, 5.74) is 27.2. The molecule has 3 fully saturated rings. The standard InChI is InChI=1S/C24H26N8O2.C12H12ClN5O.C12H15N3O3.C7H3Cl2N3.C5H10N2O/c1-14-10-16(11-19(34-3)15(14)2)31-12-20(27-13-31)28-24-29-22-17(6-4-8-26-22)23(30-24)32-9-5-7-18(32)21(25)33;13-12-16-10-7(3-1-5-15-10)11(17-12)18-6-2-4-8(18)9(14)19;1-16-9-4-8(15-6-11(13)14-7-15)5-10(17-2)12(9)18-3;8-5-4-2-1-3-10-6(4)12-7(9)11-5;6-5(8)4-2-1-3-7-4/h4,6,8,10-13,18H,5,7,9H2,1-3H3,(H2,25,33)(H,26,28,29,30);1,3,5,8H,2,4,6H2,(H2,14,19);4-7H,13H2,1-3H3;1-3H;4,7H,1-3H2,(H2,6,8)/t18-;8-;;;4-/m00..0/s1. The van der Waals surface area contributed by atoms with Gasteiger partial charge in [0.2, 0.25) is 40.0 Å². The zero-order valence-corrected chi connectivity index (χ0v) is 52.7. The lowest BCUT2D eigenvalue weighted by Crippen LogP contribution is -2.41. The van der Waals surface area contributed by atoms with E-state index in [0.29, 0.717) is 86.9 Å². The number of fused-ring (bicyclic) bond motifs is 3. The topological polar surface area (TPSA) is 374 Å². The van der Waals surface area contributed by atoms with Crippen molar-refractivity contribution in [1.82, 2.24) is 69.3 Å². The van der Waals surface area contributed by atoms with E-state index in [1.54, 1.807) is 88.6 Å². The van der Waals surface area contributed by atoms with Gasteiger partial charge in [-0.15, -0.1) is 0 Å². The second kappa shape index (κ2) is 30.0. The van der Waals surface area contributed by atoms with E-state index < -0.39 is 6.04 Å². The fourth-order valence-corrected chi connectivity index (χ4v) is 10.9. The maximum atomic E-state index is 12.0. The van der Waals surface area contributed by atoms with E-state index in [-0.39, 0.29) is 40.4 Å². The monoisotopic (exact) mass is 1300 g/mol. The first-order valence-electron chi connectivity index (χ1n) is 28.4. The number of ether oxygens (including phenoxy) is 4. The Hall–Kier alpha value is -10.0. The van der Waals surface area contributed by atoms with Crippen LogP contribution in [0.5, 0.6) is 23.0 Å². The average Bonchev–Trinajstić information content (AvgIpc) is 1.86. The summed E-state index contributed by atoms with van der Waals surface area (Å²) in [7, 11) is 6.38. The number of nitrogens with one attached hydrogen (secondary N) is 2. The van der Waals surface area contributed by atoms with Crippen LogP contribution < -0.4 is 62.3 Å². The Bertz CT molecular complexity index is 4200. The van der Waals surface area contributed by atoms with Crippen LogP contribution in [0.3, 0.4) is 0 Å². The number of nitrogens with zero attached hydrogens (tertiary/aromatic N) is 15. The van der Waals surface area contributed by atoms with Crippen molar-refractivity contribution >= 4 is 115 Å². The first kappa shape index (κ1) is 65.4. The molecule has 28 nitrogen and oxygen atoms in total. The molecule has 3 saturated heterocycles. The van der Waals surface area contributed by atoms with Gasteiger partial charge in [-0.2, -0.15) is 24.9 Å². The molecule has 3 aliphatic rings. The van der Waals surface area contributed by atoms with Gasteiger partial charge in [0.25, 0.3) is 0 Å². The maximum Gasteiger partial charge on any atom is 0.240 e. The number of methoxy groups -OCH3 is 4. The lowest BCUT2D eigenvalue weighted by Gasteiger charge is -2.24. The summed E-state index contributed by atoms with van der Waals surface area (Å²) in [6, 6.07) is 17.9. The Kier molecular flexibility index (Phi) is 21.6. The molecule has 10 aromatic rings. The summed E-state index contributed by atoms with van der Waals surface area (Å²) in [6.07, 6.45) is 17.1. The van der Waals surface area contributed by atoms with Gasteiger partial charge in [-0.25, -0.2) is 29.9 Å². The molecule has 11 heterocycles. The smallest absolute Gasteiger partial charge is 0.240 e. The van der Waals surface area contributed by atoms with Gasteiger partial charge < -0.3 is 71.4 Å². The Balaban J connectivity index is 0.000000146. The van der Waals surface area contributed by atoms with Crippen LogP contribution in [0.4, 0.5) is 29.2 Å². The molecule has 91 heavy (non-hydrogen) atoms. The van der Waals surface area contributed by atoms with Crippen molar-refractivity contribution in [2.75, 3.05) is 68.9 Å². The highest BCUT2D eigenvalue weighted by Gasteiger charge is 2.33. The van der Waals surface area contributed by atoms with Crippen LogP contribution in [0.2, 0.25) is 15.7 Å². The third kappa shape index (κ3) is 15.7. The molecule has 3 aliphatic heterocycles. The summed E-state index contributed by atoms with van der Waals surface area (Å²) in [6.45, 7) is 6.44. The number of hydrogen-bond acceptors (Lipinski definition) is 23. The van der Waals surface area contributed by atoms with Gasteiger partial charge >= 0.3 is 0 Å². The minimum atomic E-state index is -0.398. The number of nitrogens with two attached hydrogens (primary N) is 4. The zero-order valence-electron chi connectivity index (χ0n) is 50.4. The number of aryl methyl sites for hydroxylation is 1. The number of pyridine rings is 3.